The smallest absolute Gasteiger partial charge is 0.322 e. The Morgan fingerprint density at radius 3 is 2.64 bits per heavy atom. The summed E-state index contributed by atoms with van der Waals surface area (Å²) in [7, 11) is -2.47. The maximum atomic E-state index is 14.1. The van der Waals surface area contributed by atoms with E-state index in [4.69, 9.17) is 9.88 Å². The molecular formula is C15H17FN4O4S. The van der Waals surface area contributed by atoms with Crippen LogP contribution in [0.5, 0.6) is 11.8 Å². The van der Waals surface area contributed by atoms with E-state index in [9.17, 15) is 17.6 Å². The summed E-state index contributed by atoms with van der Waals surface area (Å²) in [6.07, 6.45) is 0.881. The fraction of sp³-hybridized carbons (Fsp3) is 0.267. The Balaban J connectivity index is 2.40. The molecule has 0 aliphatic rings. The molecule has 8 nitrogen and oxygen atoms in total. The average molecular weight is 368 g/mol. The molecule has 0 unspecified atom stereocenters. The molecule has 0 aliphatic heterocycles. The Morgan fingerprint density at radius 2 is 2.04 bits per heavy atom. The number of primary sulfonamides is 1. The zero-order valence-electron chi connectivity index (χ0n) is 13.8. The van der Waals surface area contributed by atoms with Crippen LogP contribution in [0, 0.1) is 5.82 Å². The van der Waals surface area contributed by atoms with Crippen LogP contribution in [0.15, 0.2) is 35.4 Å². The number of nitrogens with two attached hydrogens (primary N) is 1. The van der Waals surface area contributed by atoms with E-state index in [2.05, 4.69) is 15.3 Å². The van der Waals surface area contributed by atoms with Gasteiger partial charge in [-0.05, 0) is 26.0 Å². The van der Waals surface area contributed by atoms with Crippen LogP contribution in [0.1, 0.15) is 19.5 Å². The molecular weight excluding hydrogens is 351 g/mol. The van der Waals surface area contributed by atoms with Crippen molar-refractivity contribution < 1.29 is 22.3 Å². The number of halogens is 1. The Morgan fingerprint density at radius 1 is 1.36 bits per heavy atom. The third-order valence-electron chi connectivity index (χ3n) is 3.45. The maximum Gasteiger partial charge on any atom is 0.322 e. The number of nitrogens with zero attached hydrogens (tertiary/aromatic N) is 2. The Bertz CT molecular complexity index is 915. The molecule has 0 saturated heterocycles. The van der Waals surface area contributed by atoms with Crippen LogP contribution in [0.3, 0.4) is 0 Å². The standard InChI is InChI=1S/C15H17FN4O4S/c1-15(2,13(21)18-3)12-11(16)8-19-14(20-12)24-9-5-4-6-10(7-9)25(17,22)23/h4-8H,1-3H3,(H,18,21)(H2,17,22,23). The van der Waals surface area contributed by atoms with Gasteiger partial charge in [-0.25, -0.2) is 22.9 Å². The van der Waals surface area contributed by atoms with Crippen molar-refractivity contribution in [3.05, 3.63) is 42.0 Å². The van der Waals surface area contributed by atoms with E-state index in [1.165, 1.54) is 45.2 Å². The van der Waals surface area contributed by atoms with Gasteiger partial charge >= 0.3 is 6.01 Å². The van der Waals surface area contributed by atoms with Gasteiger partial charge in [-0.3, -0.25) is 4.79 Å². The first-order valence-electron chi connectivity index (χ1n) is 7.11. The lowest BCUT2D eigenvalue weighted by atomic mass is 9.87. The van der Waals surface area contributed by atoms with Crippen molar-refractivity contribution in [2.75, 3.05) is 7.05 Å². The molecule has 0 aliphatic carbocycles. The van der Waals surface area contributed by atoms with Crippen molar-refractivity contribution in [3.63, 3.8) is 0 Å². The van der Waals surface area contributed by atoms with E-state index in [1.807, 2.05) is 0 Å². The molecule has 2 aromatic rings. The summed E-state index contributed by atoms with van der Waals surface area (Å²) in [5, 5.41) is 7.50. The first kappa shape index (κ1) is 18.7. The van der Waals surface area contributed by atoms with Gasteiger partial charge in [-0.2, -0.15) is 4.98 Å². The highest BCUT2D eigenvalue weighted by atomic mass is 32.2. The molecule has 1 aromatic carbocycles. The van der Waals surface area contributed by atoms with Gasteiger partial charge < -0.3 is 10.1 Å². The topological polar surface area (TPSA) is 124 Å². The van der Waals surface area contributed by atoms with Gasteiger partial charge in [0.2, 0.25) is 15.9 Å². The lowest BCUT2D eigenvalue weighted by molar-refractivity contribution is -0.125. The first-order chi connectivity index (χ1) is 11.6. The highest BCUT2D eigenvalue weighted by Crippen LogP contribution is 2.27. The molecule has 0 fully saturated rings. The first-order valence-corrected chi connectivity index (χ1v) is 8.66. The van der Waals surface area contributed by atoms with Gasteiger partial charge in [-0.1, -0.05) is 6.07 Å². The number of ether oxygens (including phenoxy) is 1. The third kappa shape index (κ3) is 4.09. The maximum absolute atomic E-state index is 14.1. The lowest BCUT2D eigenvalue weighted by Crippen LogP contribution is -2.39. The van der Waals surface area contributed by atoms with Gasteiger partial charge in [0.15, 0.2) is 5.82 Å². The van der Waals surface area contributed by atoms with E-state index in [0.717, 1.165) is 6.20 Å². The van der Waals surface area contributed by atoms with Gasteiger partial charge in [0.1, 0.15) is 5.75 Å². The summed E-state index contributed by atoms with van der Waals surface area (Å²) in [5.74, 6) is -1.10. The number of aromatic nitrogens is 2. The largest absolute Gasteiger partial charge is 0.424 e. The number of amides is 1. The van der Waals surface area contributed by atoms with Crippen LogP contribution in [0.25, 0.3) is 0 Å². The van der Waals surface area contributed by atoms with Gasteiger partial charge in [0, 0.05) is 13.1 Å². The van der Waals surface area contributed by atoms with Crippen molar-refractivity contribution in [2.45, 2.75) is 24.2 Å². The van der Waals surface area contributed by atoms with E-state index < -0.39 is 27.2 Å². The SMILES string of the molecule is CNC(=O)C(C)(C)c1nc(Oc2cccc(S(N)(=O)=O)c2)ncc1F. The monoisotopic (exact) mass is 368 g/mol. The molecule has 0 saturated carbocycles. The summed E-state index contributed by atoms with van der Waals surface area (Å²) >= 11 is 0. The molecule has 134 valence electrons. The van der Waals surface area contributed by atoms with Crippen molar-refractivity contribution in [1.82, 2.24) is 15.3 Å². The third-order valence-corrected chi connectivity index (χ3v) is 4.36. The quantitative estimate of drug-likeness (QED) is 0.814. The number of nitrogens with one attached hydrogen (secondary N) is 1. The van der Waals surface area contributed by atoms with Crippen LogP contribution >= 0.6 is 0 Å². The summed E-state index contributed by atoms with van der Waals surface area (Å²) in [6.45, 7) is 3.01. The van der Waals surface area contributed by atoms with Crippen molar-refractivity contribution in [1.29, 1.82) is 0 Å². The number of carbonyl (C=O) groups is 1. The Kier molecular flexibility index (Phi) is 5.04. The molecule has 0 bridgehead atoms. The second-order valence-corrected chi connectivity index (χ2v) is 7.24. The number of sulfonamides is 1. The van der Waals surface area contributed by atoms with Crippen LogP contribution in [0.2, 0.25) is 0 Å². The summed E-state index contributed by atoms with van der Waals surface area (Å²) in [4.78, 5) is 19.5. The zero-order valence-corrected chi connectivity index (χ0v) is 14.6. The molecule has 1 heterocycles. The molecule has 2 rings (SSSR count). The van der Waals surface area contributed by atoms with Gasteiger partial charge in [-0.15, -0.1) is 0 Å². The fourth-order valence-corrected chi connectivity index (χ4v) is 2.63. The normalized spacial score (nSPS) is 11.9. The van der Waals surface area contributed by atoms with Crippen molar-refractivity contribution >= 4 is 15.9 Å². The summed E-state index contributed by atoms with van der Waals surface area (Å²) < 4.78 is 42.2. The number of rotatable bonds is 5. The summed E-state index contributed by atoms with van der Waals surface area (Å²) in [6, 6.07) is 5.14. The van der Waals surface area contributed by atoms with Crippen molar-refractivity contribution in [3.8, 4) is 11.8 Å². The molecule has 0 spiro atoms. The van der Waals surface area contributed by atoms with Gasteiger partial charge in [0.05, 0.1) is 22.2 Å². The number of hydrogen-bond donors (Lipinski definition) is 2. The molecule has 10 heteroatoms. The zero-order chi connectivity index (χ0) is 18.8. The van der Waals surface area contributed by atoms with E-state index in [0.29, 0.717) is 0 Å². The predicted molar refractivity (Wildman–Crippen MR) is 87.0 cm³/mol. The van der Waals surface area contributed by atoms with Gasteiger partial charge in [0.25, 0.3) is 0 Å². The minimum atomic E-state index is -3.90. The van der Waals surface area contributed by atoms with E-state index in [1.54, 1.807) is 0 Å². The van der Waals surface area contributed by atoms with Crippen LogP contribution in [-0.2, 0) is 20.2 Å². The molecule has 0 radical (unpaired) electrons. The number of likely N-dealkylation sites (N-methyl/N-ethyl adjacent to an activating group) is 1. The number of benzene rings is 1. The van der Waals surface area contributed by atoms with Crippen LogP contribution in [0.4, 0.5) is 4.39 Å². The van der Waals surface area contributed by atoms with Crippen LogP contribution in [-0.4, -0.2) is 31.3 Å². The molecule has 1 amide bonds. The lowest BCUT2D eigenvalue weighted by Gasteiger charge is -2.22. The Hall–Kier alpha value is -2.59. The van der Waals surface area contributed by atoms with Crippen LogP contribution < -0.4 is 15.2 Å². The molecule has 25 heavy (non-hydrogen) atoms. The predicted octanol–water partition coefficient (Wildman–Crippen LogP) is 1.08. The van der Waals surface area contributed by atoms with E-state index in [-0.39, 0.29) is 22.3 Å². The minimum Gasteiger partial charge on any atom is -0.424 e. The fourth-order valence-electron chi connectivity index (χ4n) is 2.08. The van der Waals surface area contributed by atoms with E-state index >= 15 is 0 Å². The Labute approximate surface area is 144 Å². The number of hydrogen-bond acceptors (Lipinski definition) is 6. The average Bonchev–Trinajstić information content (AvgIpc) is 2.55. The second-order valence-electron chi connectivity index (χ2n) is 5.68. The number of carbonyl (C=O) groups excluding carboxylic acids is 1. The molecule has 1 aromatic heterocycles. The highest BCUT2D eigenvalue weighted by Gasteiger charge is 2.34. The van der Waals surface area contributed by atoms with Crippen molar-refractivity contribution in [2.24, 2.45) is 5.14 Å². The highest BCUT2D eigenvalue weighted by molar-refractivity contribution is 7.89. The summed E-state index contributed by atoms with van der Waals surface area (Å²) in [5.41, 5.74) is -1.41. The minimum absolute atomic E-state index is 0.0989. The molecule has 0 atom stereocenters. The molecule has 3 N–H and O–H groups in total. The second kappa shape index (κ2) is 6.73.